The molecule has 0 saturated carbocycles. The highest BCUT2D eigenvalue weighted by Gasteiger charge is 2.61. The van der Waals surface area contributed by atoms with Gasteiger partial charge in [0, 0.05) is 0 Å². The Morgan fingerprint density at radius 2 is 1.71 bits per heavy atom. The summed E-state index contributed by atoms with van der Waals surface area (Å²) >= 11 is 0. The molecule has 7 nitrogen and oxygen atoms in total. The number of alkyl halides is 3. The molecule has 24 heavy (non-hydrogen) atoms. The molecule has 0 aromatic carbocycles. The van der Waals surface area contributed by atoms with Crippen molar-refractivity contribution < 1.29 is 46.4 Å². The van der Waals surface area contributed by atoms with E-state index >= 15 is 0 Å². The minimum Gasteiger partial charge on any atom is -0.450 e. The van der Waals surface area contributed by atoms with Gasteiger partial charge in [-0.25, -0.2) is 4.79 Å². The molecule has 0 N–H and O–H groups in total. The Labute approximate surface area is 136 Å². The molecule has 10 heteroatoms. The van der Waals surface area contributed by atoms with Crippen molar-refractivity contribution in [2.45, 2.75) is 76.2 Å². The van der Waals surface area contributed by atoms with Crippen LogP contribution in [0, 0.1) is 0 Å². The number of fused-ring (bicyclic) bond motifs is 1. The normalized spacial score (nSPS) is 40.5. The third kappa shape index (κ3) is 3.38. The molecule has 0 spiro atoms. The van der Waals surface area contributed by atoms with E-state index in [2.05, 4.69) is 4.74 Å². The number of ether oxygens (including phenoxy) is 6. The molecule has 3 rings (SSSR count). The second-order valence-electron chi connectivity index (χ2n) is 6.80. The highest BCUT2D eigenvalue weighted by atomic mass is 19.4. The van der Waals surface area contributed by atoms with Gasteiger partial charge in [0.15, 0.2) is 30.1 Å². The SMILES string of the molecule is CC1(C)O[C@H]2O[C@H]([C@H]3COC(C)(C)O3)[C@H](OC(=O)C(F)(F)F)[C@H]2O1. The first-order valence-electron chi connectivity index (χ1n) is 7.49. The van der Waals surface area contributed by atoms with Gasteiger partial charge in [-0.05, 0) is 27.7 Å². The van der Waals surface area contributed by atoms with Crippen LogP contribution in [0.4, 0.5) is 13.2 Å². The van der Waals surface area contributed by atoms with Gasteiger partial charge >= 0.3 is 12.1 Å². The van der Waals surface area contributed by atoms with Crippen LogP contribution in [0.2, 0.25) is 0 Å². The Bertz CT molecular complexity index is 519. The Morgan fingerprint density at radius 3 is 2.25 bits per heavy atom. The fourth-order valence-corrected chi connectivity index (χ4v) is 3.01. The Balaban J connectivity index is 1.79. The van der Waals surface area contributed by atoms with Crippen molar-refractivity contribution in [3.8, 4) is 0 Å². The van der Waals surface area contributed by atoms with E-state index in [1.807, 2.05) is 0 Å². The molecule has 5 atom stereocenters. The first kappa shape index (κ1) is 17.9. The predicted molar refractivity (Wildman–Crippen MR) is 69.5 cm³/mol. The number of rotatable bonds is 2. The summed E-state index contributed by atoms with van der Waals surface area (Å²) < 4.78 is 70.1. The highest BCUT2D eigenvalue weighted by Crippen LogP contribution is 2.42. The summed E-state index contributed by atoms with van der Waals surface area (Å²) in [6.45, 7) is 6.58. The lowest BCUT2D eigenvalue weighted by Crippen LogP contribution is -2.46. The second-order valence-corrected chi connectivity index (χ2v) is 6.80. The molecular formula is C14H19F3O7. The van der Waals surface area contributed by atoms with Crippen LogP contribution in [0.3, 0.4) is 0 Å². The van der Waals surface area contributed by atoms with Crippen LogP contribution in [0.25, 0.3) is 0 Å². The van der Waals surface area contributed by atoms with Crippen LogP contribution in [0.5, 0.6) is 0 Å². The van der Waals surface area contributed by atoms with Crippen molar-refractivity contribution in [3.63, 3.8) is 0 Å². The van der Waals surface area contributed by atoms with Crippen molar-refractivity contribution in [1.29, 1.82) is 0 Å². The first-order valence-corrected chi connectivity index (χ1v) is 7.49. The number of carbonyl (C=O) groups is 1. The summed E-state index contributed by atoms with van der Waals surface area (Å²) in [6.07, 6.45) is -10.1. The molecule has 0 bridgehead atoms. The molecule has 0 radical (unpaired) electrons. The van der Waals surface area contributed by atoms with Gasteiger partial charge in [0.1, 0.15) is 12.2 Å². The molecule has 3 heterocycles. The predicted octanol–water partition coefficient (Wildman–Crippen LogP) is 1.49. The number of halogens is 3. The molecule has 3 aliphatic heterocycles. The van der Waals surface area contributed by atoms with E-state index in [9.17, 15) is 18.0 Å². The van der Waals surface area contributed by atoms with Gasteiger partial charge in [-0.3, -0.25) is 0 Å². The van der Waals surface area contributed by atoms with Crippen molar-refractivity contribution in [3.05, 3.63) is 0 Å². The summed E-state index contributed by atoms with van der Waals surface area (Å²) in [5.74, 6) is -4.28. The first-order chi connectivity index (χ1) is 10.9. The zero-order valence-electron chi connectivity index (χ0n) is 13.6. The molecule has 3 saturated heterocycles. The van der Waals surface area contributed by atoms with E-state index in [4.69, 9.17) is 23.7 Å². The molecule has 3 aliphatic rings. The van der Waals surface area contributed by atoms with Gasteiger partial charge < -0.3 is 28.4 Å². The number of carbonyl (C=O) groups excluding carboxylic acids is 1. The topological polar surface area (TPSA) is 72.5 Å². The van der Waals surface area contributed by atoms with Crippen molar-refractivity contribution in [2.75, 3.05) is 6.61 Å². The monoisotopic (exact) mass is 356 g/mol. The zero-order chi connectivity index (χ0) is 17.9. The molecule has 0 aromatic heterocycles. The minimum absolute atomic E-state index is 0.0839. The van der Waals surface area contributed by atoms with Gasteiger partial charge in [-0.15, -0.1) is 0 Å². The van der Waals surface area contributed by atoms with Crippen LogP contribution in [-0.2, 0) is 33.2 Å². The van der Waals surface area contributed by atoms with E-state index < -0.39 is 54.4 Å². The Morgan fingerprint density at radius 1 is 1.04 bits per heavy atom. The summed E-state index contributed by atoms with van der Waals surface area (Å²) in [5.41, 5.74) is 0. The lowest BCUT2D eigenvalue weighted by atomic mass is 10.1. The van der Waals surface area contributed by atoms with Crippen molar-refractivity contribution in [2.24, 2.45) is 0 Å². The fourth-order valence-electron chi connectivity index (χ4n) is 3.01. The summed E-state index contributed by atoms with van der Waals surface area (Å²) in [6, 6.07) is 0. The molecule has 0 aromatic rings. The molecule has 138 valence electrons. The lowest BCUT2D eigenvalue weighted by Gasteiger charge is -2.28. The maximum Gasteiger partial charge on any atom is 0.490 e. The smallest absolute Gasteiger partial charge is 0.450 e. The molecule has 0 unspecified atom stereocenters. The largest absolute Gasteiger partial charge is 0.490 e. The van der Waals surface area contributed by atoms with Crippen molar-refractivity contribution >= 4 is 5.97 Å². The maximum atomic E-state index is 12.6. The van der Waals surface area contributed by atoms with Gasteiger partial charge in [-0.1, -0.05) is 0 Å². The Hall–Kier alpha value is -0.940. The number of esters is 1. The summed E-state index contributed by atoms with van der Waals surface area (Å²) in [4.78, 5) is 11.3. The van der Waals surface area contributed by atoms with Crippen LogP contribution >= 0.6 is 0 Å². The molecular weight excluding hydrogens is 337 g/mol. The van der Waals surface area contributed by atoms with Gasteiger partial charge in [0.2, 0.25) is 0 Å². The minimum atomic E-state index is -5.12. The van der Waals surface area contributed by atoms with Gasteiger partial charge in [-0.2, -0.15) is 13.2 Å². The van der Waals surface area contributed by atoms with Crippen LogP contribution in [0.15, 0.2) is 0 Å². The van der Waals surface area contributed by atoms with Crippen molar-refractivity contribution in [1.82, 2.24) is 0 Å². The van der Waals surface area contributed by atoms with Crippen LogP contribution in [0.1, 0.15) is 27.7 Å². The third-order valence-electron chi connectivity index (χ3n) is 3.90. The average molecular weight is 356 g/mol. The standard InChI is InChI=1S/C14H19F3O7/c1-12(2)19-5-6(22-12)7-8(21-11(18)14(15,16)17)9-10(20-7)24-13(3,4)23-9/h6-10H,5H2,1-4H3/t6-,7-,8+,9-,10-/m1/s1. The summed E-state index contributed by atoms with van der Waals surface area (Å²) in [5, 5.41) is 0. The number of hydrogen-bond donors (Lipinski definition) is 0. The lowest BCUT2D eigenvalue weighted by molar-refractivity contribution is -0.243. The van der Waals surface area contributed by atoms with Crippen LogP contribution in [-0.4, -0.2) is 61.0 Å². The van der Waals surface area contributed by atoms with Gasteiger partial charge in [0.05, 0.1) is 6.61 Å². The Kier molecular flexibility index (Phi) is 4.12. The summed E-state index contributed by atoms with van der Waals surface area (Å²) in [7, 11) is 0. The molecule has 0 aliphatic carbocycles. The fraction of sp³-hybridized carbons (Fsp3) is 0.929. The van der Waals surface area contributed by atoms with Gasteiger partial charge in [0.25, 0.3) is 0 Å². The third-order valence-corrected chi connectivity index (χ3v) is 3.90. The van der Waals surface area contributed by atoms with E-state index in [-0.39, 0.29) is 6.61 Å². The quantitative estimate of drug-likeness (QED) is 0.694. The van der Waals surface area contributed by atoms with E-state index in [0.717, 1.165) is 0 Å². The van der Waals surface area contributed by atoms with E-state index in [0.29, 0.717) is 0 Å². The average Bonchev–Trinajstić information content (AvgIpc) is 3.00. The highest BCUT2D eigenvalue weighted by molar-refractivity contribution is 5.75. The van der Waals surface area contributed by atoms with Crippen LogP contribution < -0.4 is 0 Å². The second kappa shape index (κ2) is 5.53. The zero-order valence-corrected chi connectivity index (χ0v) is 13.6. The maximum absolute atomic E-state index is 12.6. The van der Waals surface area contributed by atoms with E-state index in [1.165, 1.54) is 0 Å². The molecule has 0 amide bonds. The number of hydrogen-bond acceptors (Lipinski definition) is 7. The molecule has 3 fully saturated rings. The van der Waals surface area contributed by atoms with E-state index in [1.54, 1.807) is 27.7 Å².